The van der Waals surface area contributed by atoms with E-state index in [-0.39, 0.29) is 12.2 Å². The quantitative estimate of drug-likeness (QED) is 0.936. The maximum Gasteiger partial charge on any atom is 0.0726 e. The van der Waals surface area contributed by atoms with Crippen LogP contribution in [0.15, 0.2) is 42.6 Å². The molecule has 0 unspecified atom stereocenters. The molecule has 4 nitrogen and oxygen atoms in total. The van der Waals surface area contributed by atoms with Crippen molar-refractivity contribution in [3.05, 3.63) is 53.9 Å². The number of para-hydroxylation sites is 2. The lowest BCUT2D eigenvalue weighted by molar-refractivity contribution is -0.00517. The van der Waals surface area contributed by atoms with Gasteiger partial charge in [-0.25, -0.2) is 0 Å². The average molecular weight is 311 g/mol. The SMILES string of the molecule is Cc1ncccc1CNc1ccccc1N1C[C@H](C)O[C@@H](C)C1. The van der Waals surface area contributed by atoms with Crippen molar-refractivity contribution in [1.29, 1.82) is 0 Å². The minimum Gasteiger partial charge on any atom is -0.379 e. The summed E-state index contributed by atoms with van der Waals surface area (Å²) >= 11 is 0. The molecule has 0 spiro atoms. The number of rotatable bonds is 4. The maximum absolute atomic E-state index is 5.85. The zero-order chi connectivity index (χ0) is 16.2. The monoisotopic (exact) mass is 311 g/mol. The van der Waals surface area contributed by atoms with Gasteiger partial charge in [-0.1, -0.05) is 18.2 Å². The Bertz CT molecular complexity index is 649. The molecular weight excluding hydrogens is 286 g/mol. The standard InChI is InChI=1S/C19H25N3O/c1-14-12-22(13-15(2)23-14)19-9-5-4-8-18(19)21-11-17-7-6-10-20-16(17)3/h4-10,14-15,21H,11-13H2,1-3H3/t14-,15-/m0/s1. The topological polar surface area (TPSA) is 37.4 Å². The van der Waals surface area contributed by atoms with Crippen molar-refractivity contribution in [3.63, 3.8) is 0 Å². The lowest BCUT2D eigenvalue weighted by Gasteiger charge is -2.37. The molecule has 1 aliphatic heterocycles. The van der Waals surface area contributed by atoms with E-state index in [0.29, 0.717) is 0 Å². The highest BCUT2D eigenvalue weighted by molar-refractivity contribution is 5.70. The first-order valence-corrected chi connectivity index (χ1v) is 8.27. The minimum absolute atomic E-state index is 0.257. The summed E-state index contributed by atoms with van der Waals surface area (Å²) in [5, 5.41) is 3.57. The smallest absolute Gasteiger partial charge is 0.0726 e. The van der Waals surface area contributed by atoms with E-state index in [4.69, 9.17) is 4.74 Å². The second kappa shape index (κ2) is 7.01. The summed E-state index contributed by atoms with van der Waals surface area (Å²) in [4.78, 5) is 6.77. The highest BCUT2D eigenvalue weighted by atomic mass is 16.5. The van der Waals surface area contributed by atoms with E-state index in [9.17, 15) is 0 Å². The number of pyridine rings is 1. The normalized spacial score (nSPS) is 21.3. The molecule has 2 heterocycles. The Balaban J connectivity index is 1.77. The zero-order valence-corrected chi connectivity index (χ0v) is 14.1. The summed E-state index contributed by atoms with van der Waals surface area (Å²) in [6.07, 6.45) is 2.35. The van der Waals surface area contributed by atoms with E-state index >= 15 is 0 Å². The Hall–Kier alpha value is -2.07. The molecule has 0 amide bonds. The number of anilines is 2. The summed E-state index contributed by atoms with van der Waals surface area (Å²) in [5.74, 6) is 0. The van der Waals surface area contributed by atoms with Crippen LogP contribution < -0.4 is 10.2 Å². The third-order valence-electron chi connectivity index (χ3n) is 4.25. The molecule has 0 saturated carbocycles. The molecule has 23 heavy (non-hydrogen) atoms. The van der Waals surface area contributed by atoms with E-state index in [1.165, 1.54) is 11.3 Å². The molecule has 0 aliphatic carbocycles. The van der Waals surface area contributed by atoms with Gasteiger partial charge in [0.15, 0.2) is 0 Å². The van der Waals surface area contributed by atoms with E-state index in [1.807, 2.05) is 19.2 Å². The van der Waals surface area contributed by atoms with Gasteiger partial charge in [-0.2, -0.15) is 0 Å². The van der Waals surface area contributed by atoms with Crippen molar-refractivity contribution in [3.8, 4) is 0 Å². The van der Waals surface area contributed by atoms with E-state index in [1.54, 1.807) is 0 Å². The van der Waals surface area contributed by atoms with Gasteiger partial charge in [-0.15, -0.1) is 0 Å². The third-order valence-corrected chi connectivity index (χ3v) is 4.25. The number of nitrogens with one attached hydrogen (secondary N) is 1. The molecule has 2 aromatic rings. The first-order valence-electron chi connectivity index (χ1n) is 8.27. The van der Waals surface area contributed by atoms with Crippen LogP contribution in [0.3, 0.4) is 0 Å². The summed E-state index contributed by atoms with van der Waals surface area (Å²) in [5.41, 5.74) is 4.71. The van der Waals surface area contributed by atoms with Crippen molar-refractivity contribution in [2.45, 2.75) is 39.5 Å². The van der Waals surface area contributed by atoms with Crippen LogP contribution in [0.5, 0.6) is 0 Å². The summed E-state index contributed by atoms with van der Waals surface area (Å²) in [6.45, 7) is 8.96. The Morgan fingerprint density at radius 2 is 1.87 bits per heavy atom. The second-order valence-corrected chi connectivity index (χ2v) is 6.28. The largest absolute Gasteiger partial charge is 0.379 e. The number of hydrogen-bond acceptors (Lipinski definition) is 4. The maximum atomic E-state index is 5.85. The molecule has 1 N–H and O–H groups in total. The first kappa shape index (κ1) is 15.8. The number of nitrogens with zero attached hydrogens (tertiary/aromatic N) is 2. The molecule has 0 bridgehead atoms. The van der Waals surface area contributed by atoms with Crippen molar-refractivity contribution >= 4 is 11.4 Å². The number of hydrogen-bond donors (Lipinski definition) is 1. The molecule has 3 rings (SSSR count). The molecule has 2 atom stereocenters. The fourth-order valence-electron chi connectivity index (χ4n) is 3.17. The van der Waals surface area contributed by atoms with Crippen molar-refractivity contribution in [1.82, 2.24) is 4.98 Å². The fourth-order valence-corrected chi connectivity index (χ4v) is 3.17. The van der Waals surface area contributed by atoms with Gasteiger partial charge >= 0.3 is 0 Å². The average Bonchev–Trinajstić information content (AvgIpc) is 2.53. The van der Waals surface area contributed by atoms with Crippen LogP contribution in [0.2, 0.25) is 0 Å². The highest BCUT2D eigenvalue weighted by Gasteiger charge is 2.23. The Morgan fingerprint density at radius 3 is 2.61 bits per heavy atom. The number of aromatic nitrogens is 1. The van der Waals surface area contributed by atoms with Gasteiger partial charge in [0.25, 0.3) is 0 Å². The van der Waals surface area contributed by atoms with Crippen LogP contribution in [-0.4, -0.2) is 30.3 Å². The van der Waals surface area contributed by atoms with E-state index in [0.717, 1.165) is 31.0 Å². The van der Waals surface area contributed by atoms with E-state index in [2.05, 4.69) is 59.4 Å². The Labute approximate surface area is 138 Å². The van der Waals surface area contributed by atoms with Crippen molar-refractivity contribution in [2.24, 2.45) is 0 Å². The van der Waals surface area contributed by atoms with E-state index < -0.39 is 0 Å². The number of aryl methyl sites for hydroxylation is 1. The molecule has 1 aromatic heterocycles. The van der Waals surface area contributed by atoms with Gasteiger partial charge in [0.2, 0.25) is 0 Å². The van der Waals surface area contributed by atoms with Gasteiger partial charge in [0.05, 0.1) is 23.6 Å². The van der Waals surface area contributed by atoms with Crippen molar-refractivity contribution in [2.75, 3.05) is 23.3 Å². The van der Waals surface area contributed by atoms with Gasteiger partial charge in [0, 0.05) is 31.5 Å². The van der Waals surface area contributed by atoms with Crippen LogP contribution in [0, 0.1) is 6.92 Å². The number of ether oxygens (including phenoxy) is 1. The zero-order valence-electron chi connectivity index (χ0n) is 14.1. The van der Waals surface area contributed by atoms with Crippen LogP contribution in [0.25, 0.3) is 0 Å². The van der Waals surface area contributed by atoms with Gasteiger partial charge < -0.3 is 15.0 Å². The Morgan fingerprint density at radius 1 is 1.13 bits per heavy atom. The second-order valence-electron chi connectivity index (χ2n) is 6.28. The van der Waals surface area contributed by atoms with Crippen LogP contribution in [0.4, 0.5) is 11.4 Å². The third kappa shape index (κ3) is 3.82. The molecular formula is C19H25N3O. The van der Waals surface area contributed by atoms with Crippen molar-refractivity contribution < 1.29 is 4.74 Å². The van der Waals surface area contributed by atoms with Crippen LogP contribution in [-0.2, 0) is 11.3 Å². The van der Waals surface area contributed by atoms with Gasteiger partial charge in [-0.3, -0.25) is 4.98 Å². The molecule has 1 fully saturated rings. The number of morpholine rings is 1. The van der Waals surface area contributed by atoms with Crippen LogP contribution >= 0.6 is 0 Å². The molecule has 122 valence electrons. The van der Waals surface area contributed by atoms with Gasteiger partial charge in [0.1, 0.15) is 0 Å². The summed E-state index contributed by atoms with van der Waals surface area (Å²) in [7, 11) is 0. The van der Waals surface area contributed by atoms with Crippen LogP contribution in [0.1, 0.15) is 25.1 Å². The predicted molar refractivity (Wildman–Crippen MR) is 95.0 cm³/mol. The molecule has 0 radical (unpaired) electrons. The fraction of sp³-hybridized carbons (Fsp3) is 0.421. The molecule has 4 heteroatoms. The lowest BCUT2D eigenvalue weighted by Crippen LogP contribution is -2.45. The number of benzene rings is 1. The first-order chi connectivity index (χ1) is 11.1. The minimum atomic E-state index is 0.257. The lowest BCUT2D eigenvalue weighted by atomic mass is 10.1. The molecule has 1 aromatic carbocycles. The van der Waals surface area contributed by atoms with Gasteiger partial charge in [-0.05, 0) is 44.5 Å². The highest BCUT2D eigenvalue weighted by Crippen LogP contribution is 2.29. The Kier molecular flexibility index (Phi) is 4.82. The molecule has 1 saturated heterocycles. The summed E-state index contributed by atoms with van der Waals surface area (Å²) < 4.78 is 5.85. The molecule has 1 aliphatic rings. The predicted octanol–water partition coefficient (Wildman–Crippen LogP) is 3.62. The summed E-state index contributed by atoms with van der Waals surface area (Å²) in [6, 6.07) is 12.6.